The van der Waals surface area contributed by atoms with Gasteiger partial charge in [0.2, 0.25) is 10.0 Å². The lowest BCUT2D eigenvalue weighted by atomic mass is 10.1. The van der Waals surface area contributed by atoms with Crippen molar-refractivity contribution < 1.29 is 8.42 Å². The SMILES string of the molecule is Cc1cscc1CNS(=O)(=O)c1cc(C(N)=S)ccc1C. The van der Waals surface area contributed by atoms with Gasteiger partial charge in [-0.15, -0.1) is 0 Å². The van der Waals surface area contributed by atoms with Crippen LogP contribution in [-0.4, -0.2) is 13.4 Å². The fourth-order valence-electron chi connectivity index (χ4n) is 1.86. The van der Waals surface area contributed by atoms with Crippen molar-refractivity contribution in [2.75, 3.05) is 0 Å². The van der Waals surface area contributed by atoms with Crippen LogP contribution in [0.4, 0.5) is 0 Å². The minimum absolute atomic E-state index is 0.181. The topological polar surface area (TPSA) is 72.2 Å². The van der Waals surface area contributed by atoms with Crippen molar-refractivity contribution in [2.24, 2.45) is 5.73 Å². The molecule has 21 heavy (non-hydrogen) atoms. The molecule has 0 saturated carbocycles. The van der Waals surface area contributed by atoms with Crippen LogP contribution in [0.2, 0.25) is 0 Å². The van der Waals surface area contributed by atoms with Crippen LogP contribution in [0, 0.1) is 13.8 Å². The number of thiocarbonyl (C=S) groups is 1. The van der Waals surface area contributed by atoms with Crippen LogP contribution in [0.3, 0.4) is 0 Å². The molecule has 0 aliphatic rings. The number of benzene rings is 1. The highest BCUT2D eigenvalue weighted by Gasteiger charge is 2.18. The normalized spacial score (nSPS) is 11.5. The first kappa shape index (κ1) is 16.1. The summed E-state index contributed by atoms with van der Waals surface area (Å²) >= 11 is 6.45. The third-order valence-corrected chi connectivity index (χ3v) is 5.87. The van der Waals surface area contributed by atoms with Crippen molar-refractivity contribution in [3.63, 3.8) is 0 Å². The Kier molecular flexibility index (Phi) is 4.77. The zero-order chi connectivity index (χ0) is 15.6. The van der Waals surface area contributed by atoms with Gasteiger partial charge in [-0.05, 0) is 47.4 Å². The first-order valence-electron chi connectivity index (χ1n) is 6.23. The van der Waals surface area contributed by atoms with Crippen LogP contribution < -0.4 is 10.5 Å². The zero-order valence-electron chi connectivity index (χ0n) is 11.7. The maximum Gasteiger partial charge on any atom is 0.241 e. The molecule has 0 radical (unpaired) electrons. The molecule has 1 aromatic carbocycles. The van der Waals surface area contributed by atoms with E-state index in [1.165, 1.54) is 6.07 Å². The van der Waals surface area contributed by atoms with E-state index in [-0.39, 0.29) is 16.4 Å². The molecule has 0 aliphatic carbocycles. The molecule has 1 heterocycles. The minimum Gasteiger partial charge on any atom is -0.389 e. The number of rotatable bonds is 5. The molecule has 3 N–H and O–H groups in total. The van der Waals surface area contributed by atoms with Crippen molar-refractivity contribution in [3.8, 4) is 0 Å². The van der Waals surface area contributed by atoms with Gasteiger partial charge in [0, 0.05) is 12.1 Å². The van der Waals surface area contributed by atoms with Gasteiger partial charge < -0.3 is 5.73 Å². The molecule has 112 valence electrons. The molecule has 2 rings (SSSR count). The van der Waals surface area contributed by atoms with Crippen molar-refractivity contribution in [3.05, 3.63) is 51.2 Å². The Hall–Kier alpha value is -1.28. The highest BCUT2D eigenvalue weighted by Crippen LogP contribution is 2.19. The van der Waals surface area contributed by atoms with E-state index in [1.54, 1.807) is 30.4 Å². The number of sulfonamides is 1. The first-order valence-corrected chi connectivity index (χ1v) is 9.06. The fraction of sp³-hybridized carbons (Fsp3) is 0.214. The van der Waals surface area contributed by atoms with Gasteiger partial charge in [0.05, 0.1) is 4.90 Å². The van der Waals surface area contributed by atoms with Crippen LogP contribution in [0.5, 0.6) is 0 Å². The maximum absolute atomic E-state index is 12.4. The molecule has 0 saturated heterocycles. The number of thiophene rings is 1. The minimum atomic E-state index is -3.60. The van der Waals surface area contributed by atoms with Crippen LogP contribution in [0.25, 0.3) is 0 Å². The van der Waals surface area contributed by atoms with Gasteiger partial charge in [-0.3, -0.25) is 0 Å². The Labute approximate surface area is 134 Å². The van der Waals surface area contributed by atoms with Gasteiger partial charge in [0.1, 0.15) is 4.99 Å². The summed E-state index contributed by atoms with van der Waals surface area (Å²) in [5.41, 5.74) is 8.82. The molecule has 1 aromatic heterocycles. The summed E-state index contributed by atoms with van der Waals surface area (Å²) in [6.45, 7) is 3.97. The molecule has 0 fully saturated rings. The first-order chi connectivity index (χ1) is 9.81. The number of hydrogen-bond donors (Lipinski definition) is 2. The maximum atomic E-state index is 12.4. The van der Waals surface area contributed by atoms with Crippen molar-refractivity contribution >= 4 is 38.6 Å². The second-order valence-electron chi connectivity index (χ2n) is 4.75. The van der Waals surface area contributed by atoms with E-state index < -0.39 is 10.0 Å². The predicted octanol–water partition coefficient (Wildman–Crippen LogP) is 2.48. The summed E-state index contributed by atoms with van der Waals surface area (Å²) in [7, 11) is -3.60. The Morgan fingerprint density at radius 3 is 2.57 bits per heavy atom. The monoisotopic (exact) mass is 340 g/mol. The summed E-state index contributed by atoms with van der Waals surface area (Å²) < 4.78 is 27.5. The van der Waals surface area contributed by atoms with E-state index in [2.05, 4.69) is 4.72 Å². The molecule has 0 atom stereocenters. The van der Waals surface area contributed by atoms with E-state index in [0.717, 1.165) is 11.1 Å². The molecular formula is C14H16N2O2S3. The second kappa shape index (κ2) is 6.23. The number of nitrogens with one attached hydrogen (secondary N) is 1. The lowest BCUT2D eigenvalue weighted by molar-refractivity contribution is 0.580. The van der Waals surface area contributed by atoms with Crippen LogP contribution in [-0.2, 0) is 16.6 Å². The van der Waals surface area contributed by atoms with E-state index in [0.29, 0.717) is 11.1 Å². The van der Waals surface area contributed by atoms with Crippen LogP contribution >= 0.6 is 23.6 Å². The molecule has 7 heteroatoms. The third kappa shape index (κ3) is 3.68. The van der Waals surface area contributed by atoms with Gasteiger partial charge in [-0.2, -0.15) is 11.3 Å². The molecule has 0 bridgehead atoms. The van der Waals surface area contributed by atoms with E-state index in [9.17, 15) is 8.42 Å². The lowest BCUT2D eigenvalue weighted by Crippen LogP contribution is -2.24. The summed E-state index contributed by atoms with van der Waals surface area (Å²) in [5.74, 6) is 0. The number of aryl methyl sites for hydroxylation is 2. The molecule has 0 spiro atoms. The summed E-state index contributed by atoms with van der Waals surface area (Å²) in [6.07, 6.45) is 0. The van der Waals surface area contributed by atoms with E-state index in [4.69, 9.17) is 18.0 Å². The Bertz CT molecular complexity index is 779. The Balaban J connectivity index is 2.29. The van der Waals surface area contributed by atoms with Crippen LogP contribution in [0.1, 0.15) is 22.3 Å². The van der Waals surface area contributed by atoms with Gasteiger partial charge >= 0.3 is 0 Å². The Morgan fingerprint density at radius 1 is 1.29 bits per heavy atom. The molecule has 4 nitrogen and oxygen atoms in total. The Morgan fingerprint density at radius 2 is 2.00 bits per heavy atom. The van der Waals surface area contributed by atoms with Crippen LogP contribution in [0.15, 0.2) is 33.9 Å². The van der Waals surface area contributed by atoms with Crippen molar-refractivity contribution in [1.82, 2.24) is 4.72 Å². The summed E-state index contributed by atoms with van der Waals surface area (Å²) in [4.78, 5) is 0.390. The van der Waals surface area contributed by atoms with Gasteiger partial charge in [0.15, 0.2) is 0 Å². The number of nitrogens with two attached hydrogens (primary N) is 1. The van der Waals surface area contributed by atoms with Gasteiger partial charge in [-0.1, -0.05) is 24.4 Å². The molecular weight excluding hydrogens is 324 g/mol. The molecule has 0 unspecified atom stereocenters. The summed E-state index contributed by atoms with van der Waals surface area (Å²) in [6, 6.07) is 4.94. The third-order valence-electron chi connectivity index (χ3n) is 3.18. The zero-order valence-corrected chi connectivity index (χ0v) is 14.2. The number of hydrogen-bond acceptors (Lipinski definition) is 4. The molecule has 0 amide bonds. The second-order valence-corrected chi connectivity index (χ2v) is 7.67. The average molecular weight is 340 g/mol. The summed E-state index contributed by atoms with van der Waals surface area (Å²) in [5, 5.41) is 3.93. The van der Waals surface area contributed by atoms with Gasteiger partial charge in [-0.25, -0.2) is 13.1 Å². The quantitative estimate of drug-likeness (QED) is 0.820. The smallest absolute Gasteiger partial charge is 0.241 e. The standard InChI is InChI=1S/C14H16N2O2S3/c1-9-3-4-11(14(15)19)5-13(9)21(17,18)16-6-12-8-20-7-10(12)2/h3-5,7-8,16H,6H2,1-2H3,(H2,15,19). The highest BCUT2D eigenvalue weighted by atomic mass is 32.2. The van der Waals surface area contributed by atoms with Gasteiger partial charge in [0.25, 0.3) is 0 Å². The average Bonchev–Trinajstić information content (AvgIpc) is 2.82. The van der Waals surface area contributed by atoms with Crippen molar-refractivity contribution in [2.45, 2.75) is 25.3 Å². The predicted molar refractivity (Wildman–Crippen MR) is 90.1 cm³/mol. The van der Waals surface area contributed by atoms with Crippen molar-refractivity contribution in [1.29, 1.82) is 0 Å². The largest absolute Gasteiger partial charge is 0.389 e. The molecule has 0 aliphatic heterocycles. The lowest BCUT2D eigenvalue weighted by Gasteiger charge is -2.11. The molecule has 2 aromatic rings. The van der Waals surface area contributed by atoms with E-state index >= 15 is 0 Å². The fourth-order valence-corrected chi connectivity index (χ4v) is 4.12. The van der Waals surface area contributed by atoms with E-state index in [1.807, 2.05) is 17.7 Å². The highest BCUT2D eigenvalue weighted by molar-refractivity contribution is 7.89.